The Morgan fingerprint density at radius 3 is 2.67 bits per heavy atom. The molecule has 0 aliphatic carbocycles. The molecule has 1 heterocycles. The molecule has 0 aliphatic heterocycles. The van der Waals surface area contributed by atoms with Gasteiger partial charge in [0.1, 0.15) is 6.20 Å². The molecule has 0 fully saturated rings. The van der Waals surface area contributed by atoms with Crippen LogP contribution in [0.25, 0.3) is 0 Å². The molecule has 0 atom stereocenters. The summed E-state index contributed by atoms with van der Waals surface area (Å²) in [4.78, 5) is 0. The summed E-state index contributed by atoms with van der Waals surface area (Å²) in [6.45, 7) is 9.65. The second-order valence-corrected chi connectivity index (χ2v) is 3.50. The van der Waals surface area contributed by atoms with E-state index in [-0.39, 0.29) is 0 Å². The van der Waals surface area contributed by atoms with Crippen LogP contribution in [0.15, 0.2) is 0 Å². The first-order valence-corrected chi connectivity index (χ1v) is 4.61. The molecule has 2 heteroatoms. The second-order valence-electron chi connectivity index (χ2n) is 3.50. The summed E-state index contributed by atoms with van der Waals surface area (Å²) in [6.07, 6.45) is 4.15. The maximum absolute atomic E-state index is 4.22. The minimum Gasteiger partial charge on any atom is -0.268 e. The summed E-state index contributed by atoms with van der Waals surface area (Å²) in [5.74, 6) is 0.551. The highest BCUT2D eigenvalue weighted by Crippen LogP contribution is 2.17. The van der Waals surface area contributed by atoms with Crippen LogP contribution in [0.5, 0.6) is 0 Å². The number of hydrogen-bond acceptors (Lipinski definition) is 1. The van der Waals surface area contributed by atoms with Gasteiger partial charge in [0.25, 0.3) is 0 Å². The number of nitrogens with zero attached hydrogens (tertiary/aromatic N) is 2. The third-order valence-electron chi connectivity index (χ3n) is 1.98. The van der Waals surface area contributed by atoms with Crippen LogP contribution in [0.4, 0.5) is 0 Å². The predicted octanol–water partition coefficient (Wildman–Crippen LogP) is 2.53. The number of aryl methyl sites for hydroxylation is 2. The van der Waals surface area contributed by atoms with Crippen LogP contribution in [0, 0.1) is 13.1 Å². The van der Waals surface area contributed by atoms with Crippen molar-refractivity contribution in [3.05, 3.63) is 17.5 Å². The normalized spacial score (nSPS) is 11.1. The number of rotatable bonds is 3. The van der Waals surface area contributed by atoms with Crippen molar-refractivity contribution < 1.29 is 0 Å². The van der Waals surface area contributed by atoms with Gasteiger partial charge in [0.05, 0.1) is 0 Å². The van der Waals surface area contributed by atoms with Crippen molar-refractivity contribution in [1.29, 1.82) is 0 Å². The molecule has 0 aliphatic rings. The van der Waals surface area contributed by atoms with Gasteiger partial charge in [-0.2, -0.15) is 5.10 Å². The van der Waals surface area contributed by atoms with Crippen molar-refractivity contribution >= 4 is 0 Å². The van der Waals surface area contributed by atoms with Crippen LogP contribution in [-0.2, 0) is 6.54 Å². The van der Waals surface area contributed by atoms with E-state index in [1.54, 1.807) is 0 Å². The van der Waals surface area contributed by atoms with E-state index in [0.29, 0.717) is 5.92 Å². The lowest BCUT2D eigenvalue weighted by Crippen LogP contribution is -2.06. The van der Waals surface area contributed by atoms with Gasteiger partial charge in [0.15, 0.2) is 0 Å². The Labute approximate surface area is 74.6 Å². The van der Waals surface area contributed by atoms with Gasteiger partial charge in [0.2, 0.25) is 0 Å². The molecule has 0 bridgehead atoms. The summed E-state index contributed by atoms with van der Waals surface area (Å²) in [5, 5.41) is 4.22. The van der Waals surface area contributed by atoms with Gasteiger partial charge in [-0.05, 0) is 19.3 Å². The molecule has 0 spiro atoms. The molecule has 1 aromatic rings. The van der Waals surface area contributed by atoms with Crippen molar-refractivity contribution in [1.82, 2.24) is 9.78 Å². The highest BCUT2D eigenvalue weighted by Gasteiger charge is 2.10. The Bertz CT molecular complexity index is 248. The van der Waals surface area contributed by atoms with Gasteiger partial charge in [-0.15, -0.1) is 0 Å². The summed E-state index contributed by atoms with van der Waals surface area (Å²) in [5.41, 5.74) is 2.52. The van der Waals surface area contributed by atoms with Crippen LogP contribution >= 0.6 is 0 Å². The maximum Gasteiger partial charge on any atom is 0.116 e. The van der Waals surface area contributed by atoms with E-state index in [2.05, 4.69) is 43.7 Å². The fourth-order valence-corrected chi connectivity index (χ4v) is 1.55. The second kappa shape index (κ2) is 3.74. The zero-order valence-electron chi connectivity index (χ0n) is 8.39. The molecule has 67 valence electrons. The molecule has 0 saturated carbocycles. The minimum atomic E-state index is 0.551. The lowest BCUT2D eigenvalue weighted by atomic mass is 10.1. The Balaban J connectivity index is 2.95. The van der Waals surface area contributed by atoms with E-state index in [1.165, 1.54) is 11.3 Å². The van der Waals surface area contributed by atoms with E-state index in [1.807, 2.05) is 0 Å². The summed E-state index contributed by atoms with van der Waals surface area (Å²) in [7, 11) is 0. The van der Waals surface area contributed by atoms with Gasteiger partial charge in [0, 0.05) is 17.8 Å². The van der Waals surface area contributed by atoms with Crippen molar-refractivity contribution in [2.24, 2.45) is 0 Å². The zero-order chi connectivity index (χ0) is 9.14. The van der Waals surface area contributed by atoms with Crippen LogP contribution in [0.1, 0.15) is 44.4 Å². The minimum absolute atomic E-state index is 0.551. The van der Waals surface area contributed by atoms with Gasteiger partial charge < -0.3 is 0 Å². The highest BCUT2D eigenvalue weighted by molar-refractivity contribution is 5.17. The van der Waals surface area contributed by atoms with E-state index in [0.717, 1.165) is 13.0 Å². The molecule has 0 N–H and O–H groups in total. The molecule has 2 nitrogen and oxygen atoms in total. The molecule has 1 rings (SSSR count). The first-order valence-electron chi connectivity index (χ1n) is 4.61. The summed E-state index contributed by atoms with van der Waals surface area (Å²) < 4.78 is 2.07. The highest BCUT2D eigenvalue weighted by atomic mass is 15.3. The molecular formula is C10H17N2. The summed E-state index contributed by atoms with van der Waals surface area (Å²) >= 11 is 0. The lowest BCUT2D eigenvalue weighted by molar-refractivity contribution is 0.556. The summed E-state index contributed by atoms with van der Waals surface area (Å²) in [6, 6.07) is 0. The van der Waals surface area contributed by atoms with Crippen molar-refractivity contribution in [2.45, 2.75) is 46.6 Å². The fraction of sp³-hybridized carbons (Fsp3) is 0.700. The fourth-order valence-electron chi connectivity index (χ4n) is 1.55. The van der Waals surface area contributed by atoms with E-state index in [9.17, 15) is 0 Å². The first kappa shape index (κ1) is 9.30. The first-order chi connectivity index (χ1) is 5.66. The van der Waals surface area contributed by atoms with Gasteiger partial charge in [-0.25, -0.2) is 0 Å². The molecule has 12 heavy (non-hydrogen) atoms. The van der Waals surface area contributed by atoms with Crippen LogP contribution in [0.3, 0.4) is 0 Å². The SMILES string of the molecule is CCCn1n[c]c(C)c1C(C)C. The molecule has 1 radical (unpaired) electrons. The smallest absolute Gasteiger partial charge is 0.116 e. The van der Waals surface area contributed by atoms with Gasteiger partial charge in [-0.1, -0.05) is 20.8 Å². The molecule has 1 aromatic heterocycles. The number of aromatic nitrogens is 2. The predicted molar refractivity (Wildman–Crippen MR) is 50.2 cm³/mol. The average molecular weight is 165 g/mol. The zero-order valence-corrected chi connectivity index (χ0v) is 8.39. The largest absolute Gasteiger partial charge is 0.268 e. The monoisotopic (exact) mass is 165 g/mol. The number of hydrogen-bond donors (Lipinski definition) is 0. The van der Waals surface area contributed by atoms with Crippen molar-refractivity contribution in [3.63, 3.8) is 0 Å². The molecule has 0 amide bonds. The van der Waals surface area contributed by atoms with Crippen LogP contribution in [0.2, 0.25) is 0 Å². The van der Waals surface area contributed by atoms with Gasteiger partial charge in [-0.3, -0.25) is 4.68 Å². The Hall–Kier alpha value is -0.790. The van der Waals surface area contributed by atoms with Crippen LogP contribution < -0.4 is 0 Å². The average Bonchev–Trinajstić information content (AvgIpc) is 2.32. The molecule has 0 unspecified atom stereocenters. The standard InChI is InChI=1S/C10H17N2/c1-5-6-12-10(8(2)3)9(4)7-11-12/h8H,5-6H2,1-4H3. The lowest BCUT2D eigenvalue weighted by Gasteiger charge is -2.09. The van der Waals surface area contributed by atoms with Crippen molar-refractivity contribution in [2.75, 3.05) is 0 Å². The maximum atomic E-state index is 4.22. The Kier molecular flexibility index (Phi) is 2.90. The van der Waals surface area contributed by atoms with E-state index < -0.39 is 0 Å². The third kappa shape index (κ3) is 1.68. The topological polar surface area (TPSA) is 17.8 Å². The van der Waals surface area contributed by atoms with Crippen LogP contribution in [-0.4, -0.2) is 9.78 Å². The molecular weight excluding hydrogens is 148 g/mol. The molecule has 0 saturated heterocycles. The Morgan fingerprint density at radius 2 is 2.17 bits per heavy atom. The van der Waals surface area contributed by atoms with E-state index >= 15 is 0 Å². The van der Waals surface area contributed by atoms with Crippen molar-refractivity contribution in [3.8, 4) is 0 Å². The molecule has 0 aromatic carbocycles. The Morgan fingerprint density at radius 1 is 1.50 bits per heavy atom. The van der Waals surface area contributed by atoms with E-state index in [4.69, 9.17) is 0 Å². The quantitative estimate of drug-likeness (QED) is 0.673. The van der Waals surface area contributed by atoms with Gasteiger partial charge >= 0.3 is 0 Å². The third-order valence-corrected chi connectivity index (χ3v) is 1.98.